The Bertz CT molecular complexity index is 823. The van der Waals surface area contributed by atoms with Gasteiger partial charge in [-0.25, -0.2) is 0 Å². The number of thioether (sulfide) groups is 1. The summed E-state index contributed by atoms with van der Waals surface area (Å²) in [6.45, 7) is 0. The third-order valence-corrected chi connectivity index (χ3v) is 5.60. The number of carboxylic acids is 1. The van der Waals surface area contributed by atoms with Crippen LogP contribution in [0.4, 0.5) is 5.69 Å². The molecule has 0 radical (unpaired) electrons. The Balaban J connectivity index is 1.52. The second-order valence-electron chi connectivity index (χ2n) is 6.61. The van der Waals surface area contributed by atoms with E-state index in [-0.39, 0.29) is 24.2 Å². The van der Waals surface area contributed by atoms with Gasteiger partial charge >= 0.3 is 5.97 Å². The molecule has 2 atom stereocenters. The molecule has 5 nitrogen and oxygen atoms in total. The molecular formula is C21H23NO4S. The predicted octanol–water partition coefficient (Wildman–Crippen LogP) is 4.15. The highest BCUT2D eigenvalue weighted by molar-refractivity contribution is 7.98. The zero-order chi connectivity index (χ0) is 19.2. The third kappa shape index (κ3) is 5.50. The van der Waals surface area contributed by atoms with E-state index in [2.05, 4.69) is 5.32 Å². The van der Waals surface area contributed by atoms with E-state index in [4.69, 9.17) is 9.84 Å². The molecule has 3 rings (SSSR count). The molecular weight excluding hydrogens is 362 g/mol. The Hall–Kier alpha value is -2.47. The molecule has 1 aliphatic carbocycles. The van der Waals surface area contributed by atoms with Crippen LogP contribution in [0.25, 0.3) is 0 Å². The average molecular weight is 385 g/mol. The van der Waals surface area contributed by atoms with Gasteiger partial charge in [-0.1, -0.05) is 24.3 Å². The van der Waals surface area contributed by atoms with Crippen molar-refractivity contribution in [3.8, 4) is 5.75 Å². The van der Waals surface area contributed by atoms with Gasteiger partial charge in [0, 0.05) is 23.1 Å². The van der Waals surface area contributed by atoms with E-state index in [9.17, 15) is 9.59 Å². The number of hydrogen-bond acceptors (Lipinski definition) is 4. The van der Waals surface area contributed by atoms with Gasteiger partial charge in [-0.3, -0.25) is 9.59 Å². The van der Waals surface area contributed by atoms with Gasteiger partial charge in [0.15, 0.2) is 0 Å². The molecule has 0 saturated heterocycles. The first-order valence-corrected chi connectivity index (χ1v) is 10.1. The van der Waals surface area contributed by atoms with E-state index >= 15 is 0 Å². The van der Waals surface area contributed by atoms with Crippen LogP contribution >= 0.6 is 11.8 Å². The maximum Gasteiger partial charge on any atom is 0.304 e. The molecule has 1 saturated carbocycles. The zero-order valence-electron chi connectivity index (χ0n) is 15.2. The second-order valence-corrected chi connectivity index (χ2v) is 7.72. The standard InChI is InChI=1S/C21H23NO4S/c1-26-17-7-3-5-15(11-17)18-12-19(18)21(25)22-16-6-2-4-14(10-16)13-27-9-8-20(23)24/h2-7,10-11,18-19H,8-9,12-13H2,1H3,(H,22,25)(H,23,24). The van der Waals surface area contributed by atoms with Crippen LogP contribution in [-0.4, -0.2) is 29.8 Å². The van der Waals surface area contributed by atoms with Crippen molar-refractivity contribution in [2.75, 3.05) is 18.2 Å². The van der Waals surface area contributed by atoms with E-state index in [1.54, 1.807) is 18.9 Å². The lowest BCUT2D eigenvalue weighted by Gasteiger charge is -2.08. The van der Waals surface area contributed by atoms with Gasteiger partial charge in [0.05, 0.1) is 13.5 Å². The number of carbonyl (C=O) groups is 2. The van der Waals surface area contributed by atoms with Crippen LogP contribution in [0.3, 0.4) is 0 Å². The van der Waals surface area contributed by atoms with Crippen LogP contribution in [0.5, 0.6) is 5.75 Å². The van der Waals surface area contributed by atoms with Crippen molar-refractivity contribution in [2.24, 2.45) is 5.92 Å². The van der Waals surface area contributed by atoms with Gasteiger partial charge in [0.25, 0.3) is 0 Å². The maximum atomic E-state index is 12.5. The largest absolute Gasteiger partial charge is 0.497 e. The number of rotatable bonds is 9. The molecule has 1 amide bonds. The van der Waals surface area contributed by atoms with Crippen LogP contribution in [0, 0.1) is 5.92 Å². The SMILES string of the molecule is COc1cccc(C2CC2C(=O)Nc2cccc(CSCCC(=O)O)c2)c1. The highest BCUT2D eigenvalue weighted by atomic mass is 32.2. The smallest absolute Gasteiger partial charge is 0.304 e. The molecule has 0 bridgehead atoms. The number of amides is 1. The fourth-order valence-corrected chi connectivity index (χ4v) is 3.93. The zero-order valence-corrected chi connectivity index (χ0v) is 16.0. The summed E-state index contributed by atoms with van der Waals surface area (Å²) in [4.78, 5) is 23.1. The summed E-state index contributed by atoms with van der Waals surface area (Å²) in [7, 11) is 1.64. The first-order valence-electron chi connectivity index (χ1n) is 8.90. The number of methoxy groups -OCH3 is 1. The third-order valence-electron chi connectivity index (χ3n) is 4.57. The summed E-state index contributed by atoms with van der Waals surface area (Å²) in [5.41, 5.74) is 2.99. The molecule has 2 N–H and O–H groups in total. The van der Waals surface area contributed by atoms with Crippen molar-refractivity contribution >= 4 is 29.3 Å². The summed E-state index contributed by atoms with van der Waals surface area (Å²) in [6, 6.07) is 15.6. The lowest BCUT2D eigenvalue weighted by molar-refractivity contribution is -0.136. The van der Waals surface area contributed by atoms with Crippen LogP contribution in [0.2, 0.25) is 0 Å². The Labute approximate surface area is 163 Å². The maximum absolute atomic E-state index is 12.5. The van der Waals surface area contributed by atoms with Gasteiger partial charge in [0.2, 0.25) is 5.91 Å². The lowest BCUT2D eigenvalue weighted by atomic mass is 10.1. The van der Waals surface area contributed by atoms with Crippen molar-refractivity contribution in [3.05, 3.63) is 59.7 Å². The van der Waals surface area contributed by atoms with Gasteiger partial charge in [-0.2, -0.15) is 11.8 Å². The van der Waals surface area contributed by atoms with Crippen LogP contribution < -0.4 is 10.1 Å². The number of hydrogen-bond donors (Lipinski definition) is 2. The molecule has 2 aromatic rings. The summed E-state index contributed by atoms with van der Waals surface area (Å²) in [5, 5.41) is 11.7. The minimum atomic E-state index is -0.779. The molecule has 27 heavy (non-hydrogen) atoms. The Kier molecular flexibility index (Phi) is 6.40. The molecule has 0 aliphatic heterocycles. The second kappa shape index (κ2) is 8.95. The summed E-state index contributed by atoms with van der Waals surface area (Å²) < 4.78 is 5.26. The molecule has 2 aromatic carbocycles. The average Bonchev–Trinajstić information content (AvgIpc) is 3.46. The van der Waals surface area contributed by atoms with Gasteiger partial charge in [0.1, 0.15) is 5.75 Å². The van der Waals surface area contributed by atoms with E-state index in [0.717, 1.165) is 34.7 Å². The molecule has 6 heteroatoms. The van der Waals surface area contributed by atoms with E-state index < -0.39 is 5.97 Å². The number of ether oxygens (including phenoxy) is 1. The first kappa shape index (κ1) is 19.3. The highest BCUT2D eigenvalue weighted by Gasteiger charge is 2.44. The lowest BCUT2D eigenvalue weighted by Crippen LogP contribution is -2.14. The topological polar surface area (TPSA) is 75.6 Å². The number of carbonyl (C=O) groups excluding carboxylic acids is 1. The van der Waals surface area contributed by atoms with Crippen molar-refractivity contribution < 1.29 is 19.4 Å². The van der Waals surface area contributed by atoms with Crippen LogP contribution in [0.1, 0.15) is 29.9 Å². The summed E-state index contributed by atoms with van der Waals surface area (Å²) in [5.74, 6) is 1.62. The molecule has 2 unspecified atom stereocenters. The van der Waals surface area contributed by atoms with Gasteiger partial charge in [-0.15, -0.1) is 0 Å². The van der Waals surface area contributed by atoms with Crippen LogP contribution in [-0.2, 0) is 15.3 Å². The van der Waals surface area contributed by atoms with E-state index in [1.807, 2.05) is 48.5 Å². The number of aliphatic carboxylic acids is 1. The van der Waals surface area contributed by atoms with E-state index in [0.29, 0.717) is 5.75 Å². The Morgan fingerprint density at radius 2 is 2.04 bits per heavy atom. The summed E-state index contributed by atoms with van der Waals surface area (Å²) >= 11 is 1.58. The van der Waals surface area contributed by atoms with E-state index in [1.165, 1.54) is 0 Å². The minimum Gasteiger partial charge on any atom is -0.497 e. The van der Waals surface area contributed by atoms with Crippen molar-refractivity contribution in [3.63, 3.8) is 0 Å². The fourth-order valence-electron chi connectivity index (χ4n) is 3.05. The molecule has 0 aromatic heterocycles. The minimum absolute atomic E-state index is 0.00861. The number of nitrogens with one attached hydrogen (secondary N) is 1. The van der Waals surface area contributed by atoms with Crippen molar-refractivity contribution in [1.82, 2.24) is 0 Å². The predicted molar refractivity (Wildman–Crippen MR) is 107 cm³/mol. The molecule has 0 heterocycles. The number of benzene rings is 2. The van der Waals surface area contributed by atoms with Gasteiger partial charge < -0.3 is 15.2 Å². The molecule has 0 spiro atoms. The van der Waals surface area contributed by atoms with Crippen LogP contribution in [0.15, 0.2) is 48.5 Å². The normalized spacial score (nSPS) is 18.0. The number of carboxylic acid groups (broad SMARTS) is 1. The Morgan fingerprint density at radius 1 is 1.22 bits per heavy atom. The summed E-state index contributed by atoms with van der Waals surface area (Å²) in [6.07, 6.45) is 1.01. The first-order chi connectivity index (χ1) is 13.1. The Morgan fingerprint density at radius 3 is 2.81 bits per heavy atom. The van der Waals surface area contributed by atoms with Crippen molar-refractivity contribution in [1.29, 1.82) is 0 Å². The molecule has 1 aliphatic rings. The van der Waals surface area contributed by atoms with Gasteiger partial charge in [-0.05, 0) is 47.7 Å². The van der Waals surface area contributed by atoms with Crippen molar-refractivity contribution in [2.45, 2.75) is 24.5 Å². The molecule has 1 fully saturated rings. The highest BCUT2D eigenvalue weighted by Crippen LogP contribution is 2.48. The number of anilines is 1. The molecule has 142 valence electrons. The quantitative estimate of drug-likeness (QED) is 0.635. The fraction of sp³-hybridized carbons (Fsp3) is 0.333. The monoisotopic (exact) mass is 385 g/mol.